The van der Waals surface area contributed by atoms with Crippen molar-refractivity contribution in [3.05, 3.63) is 0 Å². The Morgan fingerprint density at radius 2 is 0.800 bits per heavy atom. The molecular formula is H7CuO11P3. The molecule has 0 atom stereocenters. The Hall–Kier alpha value is 0.889. The van der Waals surface area contributed by atoms with Gasteiger partial charge in [-0.2, -0.15) is 4.31 Å². The van der Waals surface area contributed by atoms with Crippen LogP contribution >= 0.6 is 23.5 Å². The smallest absolute Gasteiger partial charge is 0.303 e. The normalized spacial score (nSPS) is 12.2. The predicted molar refractivity (Wildman–Crippen MR) is 39.4 cm³/mol. The van der Waals surface area contributed by atoms with Crippen LogP contribution in [0.4, 0.5) is 0 Å². The molecule has 11 nitrogen and oxygen atoms in total. The molecular weight excluding hydrogens is 332 g/mol. The average molecular weight is 340 g/mol. The molecule has 7 N–H and O–H groups in total. The van der Waals surface area contributed by atoms with Crippen LogP contribution in [0.5, 0.6) is 0 Å². The van der Waals surface area contributed by atoms with Gasteiger partial charge in [0.2, 0.25) is 0 Å². The van der Waals surface area contributed by atoms with Crippen molar-refractivity contribution >= 4 is 23.5 Å². The Labute approximate surface area is 93.3 Å². The summed E-state index contributed by atoms with van der Waals surface area (Å²) >= 11 is 0. The molecule has 0 aromatic carbocycles. The average Bonchev–Trinajstić information content (AvgIpc) is 1.42. The molecule has 0 heterocycles. The summed E-state index contributed by atoms with van der Waals surface area (Å²) < 4.78 is 31.1. The van der Waals surface area contributed by atoms with Gasteiger partial charge in [0.05, 0.1) is 0 Å². The van der Waals surface area contributed by atoms with Gasteiger partial charge in [-0.25, -0.2) is 13.7 Å². The third-order valence-corrected chi connectivity index (χ3v) is 1.91. The quantitative estimate of drug-likeness (QED) is 0.222. The fourth-order valence-electron chi connectivity index (χ4n) is 0.139. The van der Waals surface area contributed by atoms with Crippen LogP contribution in [-0.4, -0.2) is 34.3 Å². The molecule has 0 aliphatic rings. The zero-order valence-corrected chi connectivity index (χ0v) is 10.0. The van der Waals surface area contributed by atoms with Gasteiger partial charge in [-0.15, -0.1) is 0 Å². The van der Waals surface area contributed by atoms with E-state index >= 15 is 0 Å². The van der Waals surface area contributed by atoms with Crippen LogP contribution in [0.1, 0.15) is 0 Å². The monoisotopic (exact) mass is 339 g/mol. The Morgan fingerprint density at radius 1 is 0.667 bits per heavy atom. The van der Waals surface area contributed by atoms with Gasteiger partial charge < -0.3 is 34.3 Å². The zero-order chi connectivity index (χ0) is 12.2. The molecule has 0 aromatic rings. The van der Waals surface area contributed by atoms with Crippen LogP contribution in [0, 0.1) is 0 Å². The van der Waals surface area contributed by atoms with E-state index in [1.165, 1.54) is 0 Å². The fraction of sp³-hybridized carbons (Fsp3) is 0. The van der Waals surface area contributed by atoms with Crippen molar-refractivity contribution < 1.29 is 69.3 Å². The summed E-state index contributed by atoms with van der Waals surface area (Å²) in [6.45, 7) is 0. The third kappa shape index (κ3) is 52.1. The molecule has 99 valence electrons. The van der Waals surface area contributed by atoms with Crippen LogP contribution in [0.2, 0.25) is 0 Å². The summed E-state index contributed by atoms with van der Waals surface area (Å²) in [5, 5.41) is 0. The van der Waals surface area contributed by atoms with E-state index in [2.05, 4.69) is 4.31 Å². The Balaban J connectivity index is -0.000000208. The minimum absolute atomic E-state index is 0. The molecule has 0 fully saturated rings. The van der Waals surface area contributed by atoms with E-state index in [-0.39, 0.29) is 17.1 Å². The number of rotatable bonds is 2. The molecule has 0 saturated carbocycles. The second-order valence-corrected chi connectivity index (χ2v) is 5.22. The van der Waals surface area contributed by atoms with Gasteiger partial charge in [-0.1, -0.05) is 0 Å². The molecule has 0 aliphatic heterocycles. The van der Waals surface area contributed by atoms with Gasteiger partial charge in [0.1, 0.15) is 0 Å². The van der Waals surface area contributed by atoms with Crippen LogP contribution in [-0.2, 0) is 35.1 Å². The second-order valence-electron chi connectivity index (χ2n) is 1.58. The van der Waals surface area contributed by atoms with Gasteiger partial charge in [0.25, 0.3) is 0 Å². The Morgan fingerprint density at radius 3 is 0.800 bits per heavy atom. The van der Waals surface area contributed by atoms with Crippen molar-refractivity contribution in [2.45, 2.75) is 0 Å². The molecule has 0 bridgehead atoms. The van der Waals surface area contributed by atoms with Crippen molar-refractivity contribution in [3.63, 3.8) is 0 Å². The number of hydrogen-bond acceptors (Lipinski definition) is 4. The molecule has 0 spiro atoms. The molecule has 0 saturated heterocycles. The fourth-order valence-corrected chi connectivity index (χ4v) is 1.25. The standard InChI is InChI=1S/Cu.H4O7P2.H3O4P/c;1-8(2,3)7-9(4,5)6;1-5(2,3)4/h;(H2,1,2,3)(H2,4,5,6);(H3,1,2,3,4). The summed E-state index contributed by atoms with van der Waals surface area (Å²) in [6.07, 6.45) is 0. The zero-order valence-electron chi connectivity index (χ0n) is 6.41. The van der Waals surface area contributed by atoms with E-state index in [0.29, 0.717) is 0 Å². The van der Waals surface area contributed by atoms with Crippen LogP contribution in [0.3, 0.4) is 0 Å². The van der Waals surface area contributed by atoms with E-state index in [4.69, 9.17) is 38.8 Å². The first-order valence-corrected chi connectivity index (χ1v) is 6.94. The molecule has 15 heteroatoms. The molecule has 0 unspecified atom stereocenters. The minimum atomic E-state index is -5.05. The van der Waals surface area contributed by atoms with Crippen molar-refractivity contribution in [1.82, 2.24) is 0 Å². The molecule has 1 radical (unpaired) electrons. The maximum atomic E-state index is 9.63. The summed E-state index contributed by atoms with van der Waals surface area (Å²) in [7, 11) is -14.7. The van der Waals surface area contributed by atoms with E-state index in [9.17, 15) is 9.13 Å². The number of hydrogen-bond donors (Lipinski definition) is 7. The van der Waals surface area contributed by atoms with E-state index in [1.807, 2.05) is 0 Å². The SMILES string of the molecule is O=P(O)(O)O.O=P(O)(O)OP(=O)(O)O.[Cu]. The largest absolute Gasteiger partial charge is 0.478 e. The van der Waals surface area contributed by atoms with E-state index in [1.54, 1.807) is 0 Å². The van der Waals surface area contributed by atoms with Gasteiger partial charge in [-0.3, -0.25) is 0 Å². The maximum absolute atomic E-state index is 9.63. The van der Waals surface area contributed by atoms with Crippen molar-refractivity contribution in [3.8, 4) is 0 Å². The van der Waals surface area contributed by atoms with E-state index < -0.39 is 23.5 Å². The van der Waals surface area contributed by atoms with Crippen molar-refractivity contribution in [1.29, 1.82) is 0 Å². The molecule has 0 aromatic heterocycles. The topological polar surface area (TPSA) is 202 Å². The second kappa shape index (κ2) is 7.26. The third-order valence-electron chi connectivity index (χ3n) is 0.213. The van der Waals surface area contributed by atoms with Crippen LogP contribution in [0.15, 0.2) is 0 Å². The Bertz CT molecular complexity index is 259. The van der Waals surface area contributed by atoms with Gasteiger partial charge in [0, 0.05) is 17.1 Å². The van der Waals surface area contributed by atoms with Gasteiger partial charge in [-0.05, 0) is 0 Å². The summed E-state index contributed by atoms with van der Waals surface area (Å²) in [4.78, 5) is 52.6. The van der Waals surface area contributed by atoms with Crippen LogP contribution < -0.4 is 0 Å². The van der Waals surface area contributed by atoms with Crippen LogP contribution in [0.25, 0.3) is 0 Å². The maximum Gasteiger partial charge on any atom is 0.478 e. The first-order chi connectivity index (χ1) is 5.71. The summed E-state index contributed by atoms with van der Waals surface area (Å²) in [5.41, 5.74) is 0. The van der Waals surface area contributed by atoms with Crippen molar-refractivity contribution in [2.75, 3.05) is 0 Å². The predicted octanol–water partition coefficient (Wildman–Crippen LogP) is -1.74. The summed E-state index contributed by atoms with van der Waals surface area (Å²) in [5.74, 6) is 0. The molecule has 0 aliphatic carbocycles. The summed E-state index contributed by atoms with van der Waals surface area (Å²) in [6, 6.07) is 0. The molecule has 0 rings (SSSR count). The Kier molecular flexibility index (Phi) is 10.3. The van der Waals surface area contributed by atoms with Gasteiger partial charge >= 0.3 is 23.5 Å². The first kappa shape index (κ1) is 21.2. The number of phosphoric acid groups is 3. The molecule has 0 amide bonds. The molecule has 15 heavy (non-hydrogen) atoms. The first-order valence-electron chi connectivity index (χ1n) is 2.31. The minimum Gasteiger partial charge on any atom is -0.303 e. The van der Waals surface area contributed by atoms with Gasteiger partial charge in [0.15, 0.2) is 0 Å². The van der Waals surface area contributed by atoms with E-state index in [0.717, 1.165) is 0 Å². The van der Waals surface area contributed by atoms with Crippen molar-refractivity contribution in [2.24, 2.45) is 0 Å².